The predicted molar refractivity (Wildman–Crippen MR) is 89.5 cm³/mol. The number of aromatic nitrogens is 2. The molecule has 0 aliphatic carbocycles. The first-order valence-corrected chi connectivity index (χ1v) is 7.92. The van der Waals surface area contributed by atoms with Crippen molar-refractivity contribution in [2.24, 2.45) is 5.92 Å². The van der Waals surface area contributed by atoms with Crippen LogP contribution in [0.1, 0.15) is 32.3 Å². The SMILES string of the molecule is CCC(CC)C(=O)Nc1ccc(Nc2cccc(C(F)(F)F)c2)nn1. The number of rotatable bonds is 6. The minimum absolute atomic E-state index is 0.0929. The third kappa shape index (κ3) is 5.17. The Balaban J connectivity index is 2.05. The Morgan fingerprint density at radius 1 is 1.08 bits per heavy atom. The maximum Gasteiger partial charge on any atom is 0.416 e. The van der Waals surface area contributed by atoms with Crippen LogP contribution in [0.4, 0.5) is 30.5 Å². The summed E-state index contributed by atoms with van der Waals surface area (Å²) in [5, 5.41) is 13.2. The fourth-order valence-corrected chi connectivity index (χ4v) is 2.27. The van der Waals surface area contributed by atoms with E-state index < -0.39 is 11.7 Å². The van der Waals surface area contributed by atoms with E-state index >= 15 is 0 Å². The van der Waals surface area contributed by atoms with Gasteiger partial charge in [-0.2, -0.15) is 13.2 Å². The van der Waals surface area contributed by atoms with E-state index in [1.54, 1.807) is 6.07 Å². The van der Waals surface area contributed by atoms with Gasteiger partial charge in [0.1, 0.15) is 0 Å². The van der Waals surface area contributed by atoms with Crippen molar-refractivity contribution in [3.63, 3.8) is 0 Å². The molecule has 2 aromatic rings. The van der Waals surface area contributed by atoms with E-state index in [0.29, 0.717) is 5.82 Å². The van der Waals surface area contributed by atoms with Gasteiger partial charge in [0.2, 0.25) is 5.91 Å². The highest BCUT2D eigenvalue weighted by Gasteiger charge is 2.30. The second-order valence-corrected chi connectivity index (χ2v) is 5.51. The van der Waals surface area contributed by atoms with Crippen LogP contribution in [0.2, 0.25) is 0 Å². The molecule has 1 amide bonds. The molecular formula is C17H19F3N4O. The first-order valence-electron chi connectivity index (χ1n) is 7.92. The van der Waals surface area contributed by atoms with Crippen molar-refractivity contribution in [2.45, 2.75) is 32.9 Å². The number of benzene rings is 1. The Hall–Kier alpha value is -2.64. The standard InChI is InChI=1S/C17H19F3N4O/c1-3-11(4-2)16(25)22-15-9-8-14(23-24-15)21-13-7-5-6-12(10-13)17(18,19)20/h5-11H,3-4H2,1-2H3,(H,21,23)(H,22,24,25). The van der Waals surface area contributed by atoms with Gasteiger partial charge in [-0.1, -0.05) is 19.9 Å². The second-order valence-electron chi connectivity index (χ2n) is 5.51. The summed E-state index contributed by atoms with van der Waals surface area (Å²) in [7, 11) is 0. The van der Waals surface area contributed by atoms with Crippen LogP contribution < -0.4 is 10.6 Å². The van der Waals surface area contributed by atoms with Crippen LogP contribution in [-0.4, -0.2) is 16.1 Å². The third-order valence-electron chi connectivity index (χ3n) is 3.73. The zero-order chi connectivity index (χ0) is 18.4. The van der Waals surface area contributed by atoms with Gasteiger partial charge >= 0.3 is 6.18 Å². The van der Waals surface area contributed by atoms with Crippen LogP contribution in [0, 0.1) is 5.92 Å². The molecule has 1 heterocycles. The predicted octanol–water partition coefficient (Wildman–Crippen LogP) is 4.61. The fraction of sp³-hybridized carbons (Fsp3) is 0.353. The summed E-state index contributed by atoms with van der Waals surface area (Å²) in [4.78, 5) is 12.0. The monoisotopic (exact) mass is 352 g/mol. The molecule has 134 valence electrons. The van der Waals surface area contributed by atoms with Crippen LogP contribution in [-0.2, 0) is 11.0 Å². The van der Waals surface area contributed by atoms with E-state index in [9.17, 15) is 18.0 Å². The molecule has 0 atom stereocenters. The first kappa shape index (κ1) is 18.7. The van der Waals surface area contributed by atoms with E-state index in [4.69, 9.17) is 0 Å². The third-order valence-corrected chi connectivity index (χ3v) is 3.73. The van der Waals surface area contributed by atoms with Crippen LogP contribution in [0.25, 0.3) is 0 Å². The number of carbonyl (C=O) groups is 1. The van der Waals surface area contributed by atoms with Gasteiger partial charge < -0.3 is 10.6 Å². The second kappa shape index (κ2) is 7.96. The molecule has 0 saturated carbocycles. The first-order chi connectivity index (χ1) is 11.8. The molecule has 0 bridgehead atoms. The topological polar surface area (TPSA) is 66.9 Å². The van der Waals surface area contributed by atoms with Crippen molar-refractivity contribution < 1.29 is 18.0 Å². The molecule has 0 aliphatic heterocycles. The number of halogens is 3. The lowest BCUT2D eigenvalue weighted by Crippen LogP contribution is -2.22. The number of anilines is 3. The largest absolute Gasteiger partial charge is 0.416 e. The number of carbonyl (C=O) groups excluding carboxylic acids is 1. The van der Waals surface area contributed by atoms with Crippen LogP contribution in [0.5, 0.6) is 0 Å². The highest BCUT2D eigenvalue weighted by molar-refractivity contribution is 5.91. The zero-order valence-electron chi connectivity index (χ0n) is 13.9. The van der Waals surface area contributed by atoms with E-state index in [1.165, 1.54) is 18.2 Å². The molecular weight excluding hydrogens is 333 g/mol. The van der Waals surface area contributed by atoms with Crippen molar-refractivity contribution in [2.75, 3.05) is 10.6 Å². The summed E-state index contributed by atoms with van der Waals surface area (Å²) in [6, 6.07) is 7.87. The smallest absolute Gasteiger partial charge is 0.339 e. The van der Waals surface area contributed by atoms with Crippen molar-refractivity contribution in [1.29, 1.82) is 0 Å². The maximum absolute atomic E-state index is 12.7. The molecule has 0 aliphatic rings. The van der Waals surface area contributed by atoms with Gasteiger partial charge in [0.15, 0.2) is 11.6 Å². The maximum atomic E-state index is 12.7. The molecule has 8 heteroatoms. The molecule has 25 heavy (non-hydrogen) atoms. The Bertz CT molecular complexity index is 713. The molecule has 0 saturated heterocycles. The zero-order valence-corrected chi connectivity index (χ0v) is 13.9. The summed E-state index contributed by atoms with van der Waals surface area (Å²) in [5.41, 5.74) is -0.502. The number of hydrogen-bond donors (Lipinski definition) is 2. The number of nitrogens with one attached hydrogen (secondary N) is 2. The van der Waals surface area contributed by atoms with E-state index in [2.05, 4.69) is 20.8 Å². The van der Waals surface area contributed by atoms with E-state index in [-0.39, 0.29) is 23.3 Å². The molecule has 5 nitrogen and oxygen atoms in total. The van der Waals surface area contributed by atoms with E-state index in [1.807, 2.05) is 13.8 Å². The number of hydrogen-bond acceptors (Lipinski definition) is 4. The normalized spacial score (nSPS) is 11.4. The lowest BCUT2D eigenvalue weighted by atomic mass is 10.0. The molecule has 1 aromatic heterocycles. The highest BCUT2D eigenvalue weighted by Crippen LogP contribution is 2.31. The lowest BCUT2D eigenvalue weighted by Gasteiger charge is -2.12. The molecule has 0 unspecified atom stereocenters. The minimum Gasteiger partial charge on any atom is -0.339 e. The van der Waals surface area contributed by atoms with Gasteiger partial charge in [0, 0.05) is 11.6 Å². The fourth-order valence-electron chi connectivity index (χ4n) is 2.27. The van der Waals surface area contributed by atoms with Crippen LogP contribution in [0.3, 0.4) is 0 Å². The molecule has 0 spiro atoms. The lowest BCUT2D eigenvalue weighted by molar-refractivity contribution is -0.137. The van der Waals surface area contributed by atoms with Crippen LogP contribution in [0.15, 0.2) is 36.4 Å². The minimum atomic E-state index is -4.41. The van der Waals surface area contributed by atoms with E-state index in [0.717, 1.165) is 25.0 Å². The van der Waals surface area contributed by atoms with Crippen molar-refractivity contribution in [1.82, 2.24) is 10.2 Å². The van der Waals surface area contributed by atoms with Gasteiger partial charge in [0.25, 0.3) is 0 Å². The summed E-state index contributed by atoms with van der Waals surface area (Å²) in [6.07, 6.45) is -2.96. The molecule has 2 rings (SSSR count). The molecule has 0 radical (unpaired) electrons. The quantitative estimate of drug-likeness (QED) is 0.796. The summed E-state index contributed by atoms with van der Waals surface area (Å²) < 4.78 is 38.1. The Labute approximate surface area is 143 Å². The number of nitrogens with zero attached hydrogens (tertiary/aromatic N) is 2. The van der Waals surface area contributed by atoms with Crippen LogP contribution >= 0.6 is 0 Å². The summed E-state index contributed by atoms with van der Waals surface area (Å²) in [5.74, 6) is 0.356. The average Bonchev–Trinajstić information content (AvgIpc) is 2.57. The molecule has 2 N–H and O–H groups in total. The van der Waals surface area contributed by atoms with Crippen molar-refractivity contribution in [3.05, 3.63) is 42.0 Å². The summed E-state index contributed by atoms with van der Waals surface area (Å²) >= 11 is 0. The molecule has 0 fully saturated rings. The Morgan fingerprint density at radius 2 is 1.72 bits per heavy atom. The van der Waals surface area contributed by atoms with Gasteiger partial charge in [-0.25, -0.2) is 0 Å². The van der Waals surface area contributed by atoms with Crippen molar-refractivity contribution >= 4 is 23.2 Å². The molecule has 1 aromatic carbocycles. The summed E-state index contributed by atoms with van der Waals surface area (Å²) in [6.45, 7) is 3.86. The van der Waals surface area contributed by atoms with Gasteiger partial charge in [-0.3, -0.25) is 4.79 Å². The Morgan fingerprint density at radius 3 is 2.28 bits per heavy atom. The average molecular weight is 352 g/mol. The van der Waals surface area contributed by atoms with Gasteiger partial charge in [0.05, 0.1) is 5.56 Å². The number of alkyl halides is 3. The van der Waals surface area contributed by atoms with Crippen molar-refractivity contribution in [3.8, 4) is 0 Å². The Kier molecular flexibility index (Phi) is 5.95. The van der Waals surface area contributed by atoms with Gasteiger partial charge in [-0.15, -0.1) is 10.2 Å². The number of amides is 1. The van der Waals surface area contributed by atoms with Gasteiger partial charge in [-0.05, 0) is 43.2 Å². The highest BCUT2D eigenvalue weighted by atomic mass is 19.4.